The molecule has 0 radical (unpaired) electrons. The third-order valence-electron chi connectivity index (χ3n) is 3.74. The Labute approximate surface area is 172 Å². The minimum atomic E-state index is -4.54. The zero-order valence-electron chi connectivity index (χ0n) is 14.4. The van der Waals surface area contributed by atoms with E-state index in [2.05, 4.69) is 0 Å². The van der Waals surface area contributed by atoms with Crippen LogP contribution in [-0.2, 0) is 15.8 Å². The van der Waals surface area contributed by atoms with Crippen molar-refractivity contribution in [2.45, 2.75) is 6.18 Å². The summed E-state index contributed by atoms with van der Waals surface area (Å²) in [5.74, 6) is -1.67. The number of ether oxygens (including phenoxy) is 1. The summed E-state index contributed by atoms with van der Waals surface area (Å²) in [7, 11) is 0. The van der Waals surface area contributed by atoms with Gasteiger partial charge >= 0.3 is 6.18 Å². The van der Waals surface area contributed by atoms with Gasteiger partial charge in [0.15, 0.2) is 4.32 Å². The summed E-state index contributed by atoms with van der Waals surface area (Å²) >= 11 is 6.13. The first-order valence-electron chi connectivity index (χ1n) is 8.03. The Kier molecular flexibility index (Phi) is 5.94. The number of thioether (sulfide) groups is 1. The number of aliphatic carboxylic acids is 1. The van der Waals surface area contributed by atoms with Crippen LogP contribution < -0.4 is 14.7 Å². The molecule has 0 bridgehead atoms. The number of carbonyl (C=O) groups is 2. The molecule has 0 aliphatic carbocycles. The molecule has 0 aromatic heterocycles. The molecule has 0 atom stereocenters. The van der Waals surface area contributed by atoms with Crippen molar-refractivity contribution in [2.24, 2.45) is 0 Å². The highest BCUT2D eigenvalue weighted by atomic mass is 32.2. The number of hydrogen-bond acceptors (Lipinski definition) is 6. The van der Waals surface area contributed by atoms with Gasteiger partial charge in [-0.3, -0.25) is 9.69 Å². The zero-order valence-corrected chi connectivity index (χ0v) is 16.1. The van der Waals surface area contributed by atoms with E-state index in [1.165, 1.54) is 30.3 Å². The van der Waals surface area contributed by atoms with Crippen LogP contribution in [0.5, 0.6) is 5.75 Å². The molecule has 2 aromatic carbocycles. The number of hydrogen-bond donors (Lipinski definition) is 0. The van der Waals surface area contributed by atoms with Crippen molar-refractivity contribution in [3.8, 4) is 5.75 Å². The Morgan fingerprint density at radius 2 is 1.93 bits per heavy atom. The van der Waals surface area contributed by atoms with Gasteiger partial charge in [-0.25, -0.2) is 0 Å². The Bertz CT molecular complexity index is 1020. The van der Waals surface area contributed by atoms with Gasteiger partial charge in [-0.1, -0.05) is 42.2 Å². The SMILES string of the molecule is O=C([O-])COc1cccc(/C=C2\SC(=S)N(c3cccc(C(F)(F)F)c3)C2=O)c1. The Balaban J connectivity index is 1.86. The smallest absolute Gasteiger partial charge is 0.416 e. The Morgan fingerprint density at radius 3 is 2.62 bits per heavy atom. The van der Waals surface area contributed by atoms with E-state index in [0.717, 1.165) is 28.8 Å². The second-order valence-electron chi connectivity index (χ2n) is 5.80. The highest BCUT2D eigenvalue weighted by Gasteiger charge is 2.36. The van der Waals surface area contributed by atoms with Gasteiger partial charge < -0.3 is 14.6 Å². The van der Waals surface area contributed by atoms with E-state index >= 15 is 0 Å². The Morgan fingerprint density at radius 1 is 1.21 bits per heavy atom. The van der Waals surface area contributed by atoms with Crippen LogP contribution >= 0.6 is 24.0 Å². The lowest BCUT2D eigenvalue weighted by Gasteiger charge is -2.16. The van der Waals surface area contributed by atoms with Gasteiger partial charge in [-0.05, 0) is 42.0 Å². The summed E-state index contributed by atoms with van der Waals surface area (Å²) in [5.41, 5.74) is -0.326. The molecule has 3 rings (SSSR count). The molecule has 1 aliphatic heterocycles. The summed E-state index contributed by atoms with van der Waals surface area (Å²) in [4.78, 5) is 24.5. The lowest BCUT2D eigenvalue weighted by Crippen LogP contribution is -2.28. The lowest BCUT2D eigenvalue weighted by molar-refractivity contribution is -0.307. The lowest BCUT2D eigenvalue weighted by atomic mass is 10.1. The van der Waals surface area contributed by atoms with Crippen LogP contribution in [0.3, 0.4) is 0 Å². The molecule has 0 saturated carbocycles. The molecule has 1 fully saturated rings. The number of thiocarbonyl (C=S) groups is 1. The number of benzene rings is 2. The molecule has 1 aliphatic rings. The monoisotopic (exact) mass is 438 g/mol. The number of alkyl halides is 3. The van der Waals surface area contributed by atoms with Gasteiger partial charge in [-0.2, -0.15) is 13.2 Å². The van der Waals surface area contributed by atoms with Crippen molar-refractivity contribution >= 4 is 51.9 Å². The summed E-state index contributed by atoms with van der Waals surface area (Å²) in [6, 6.07) is 10.7. The first kappa shape index (κ1) is 20.9. The molecule has 150 valence electrons. The largest absolute Gasteiger partial charge is 0.546 e. The van der Waals surface area contributed by atoms with Gasteiger partial charge in [0.25, 0.3) is 5.91 Å². The number of carbonyl (C=O) groups excluding carboxylic acids is 2. The minimum Gasteiger partial charge on any atom is -0.546 e. The predicted octanol–water partition coefficient (Wildman–Crippen LogP) is 3.24. The average Bonchev–Trinajstić information content (AvgIpc) is 2.93. The van der Waals surface area contributed by atoms with Crippen LogP contribution in [0, 0.1) is 0 Å². The molecule has 0 spiro atoms. The first-order chi connectivity index (χ1) is 13.6. The maximum Gasteiger partial charge on any atom is 0.416 e. The van der Waals surface area contributed by atoms with Crippen molar-refractivity contribution in [3.63, 3.8) is 0 Å². The summed E-state index contributed by atoms with van der Waals surface area (Å²) in [5, 5.41) is 10.5. The van der Waals surface area contributed by atoms with E-state index in [4.69, 9.17) is 17.0 Å². The molecule has 5 nitrogen and oxygen atoms in total. The molecule has 0 unspecified atom stereocenters. The van der Waals surface area contributed by atoms with Gasteiger partial charge in [0.2, 0.25) is 0 Å². The summed E-state index contributed by atoms with van der Waals surface area (Å²) in [6.07, 6.45) is -3.04. The quantitative estimate of drug-likeness (QED) is 0.527. The second kappa shape index (κ2) is 8.26. The molecular weight excluding hydrogens is 427 g/mol. The number of anilines is 1. The van der Waals surface area contributed by atoms with Crippen LogP contribution in [-0.4, -0.2) is 22.8 Å². The fourth-order valence-electron chi connectivity index (χ4n) is 2.50. The fraction of sp³-hybridized carbons (Fsp3) is 0.105. The van der Waals surface area contributed by atoms with E-state index in [1.807, 2.05) is 0 Å². The summed E-state index contributed by atoms with van der Waals surface area (Å²) < 4.78 is 44.0. The third kappa shape index (κ3) is 4.96. The van der Waals surface area contributed by atoms with Crippen LogP contribution in [0.25, 0.3) is 6.08 Å². The highest BCUT2D eigenvalue weighted by molar-refractivity contribution is 8.27. The van der Waals surface area contributed by atoms with Gasteiger partial charge in [0, 0.05) is 0 Å². The number of carboxylic acids is 1. The maximum absolute atomic E-state index is 13.0. The van der Waals surface area contributed by atoms with Crippen LogP contribution in [0.2, 0.25) is 0 Å². The Hall–Kier alpha value is -2.85. The molecule has 0 N–H and O–H groups in total. The third-order valence-corrected chi connectivity index (χ3v) is 5.04. The number of rotatable bonds is 5. The molecule has 29 heavy (non-hydrogen) atoms. The maximum atomic E-state index is 13.0. The van der Waals surface area contributed by atoms with Crippen LogP contribution in [0.15, 0.2) is 53.4 Å². The molecule has 10 heteroatoms. The number of halogens is 3. The van der Waals surface area contributed by atoms with Crippen molar-refractivity contribution in [1.29, 1.82) is 0 Å². The van der Waals surface area contributed by atoms with Crippen LogP contribution in [0.4, 0.5) is 18.9 Å². The van der Waals surface area contributed by atoms with Crippen molar-refractivity contribution in [2.75, 3.05) is 11.5 Å². The van der Waals surface area contributed by atoms with Gasteiger partial charge in [-0.15, -0.1) is 0 Å². The molecule has 1 heterocycles. The number of nitrogens with zero attached hydrogens (tertiary/aromatic N) is 1. The summed E-state index contributed by atoms with van der Waals surface area (Å²) in [6.45, 7) is -0.624. The molecule has 1 saturated heterocycles. The number of amides is 1. The molecular formula is C19H11F3NO4S2-. The minimum absolute atomic E-state index is 0.0248. The van der Waals surface area contributed by atoms with E-state index in [0.29, 0.717) is 5.56 Å². The normalized spacial score (nSPS) is 15.8. The van der Waals surface area contributed by atoms with Gasteiger partial charge in [0.1, 0.15) is 12.4 Å². The molecule has 1 amide bonds. The molecule has 2 aromatic rings. The van der Waals surface area contributed by atoms with E-state index in [1.54, 1.807) is 12.1 Å². The predicted molar refractivity (Wildman–Crippen MR) is 104 cm³/mol. The van der Waals surface area contributed by atoms with E-state index < -0.39 is 30.2 Å². The van der Waals surface area contributed by atoms with Crippen molar-refractivity contribution in [1.82, 2.24) is 0 Å². The van der Waals surface area contributed by atoms with E-state index in [9.17, 15) is 27.9 Å². The first-order valence-corrected chi connectivity index (χ1v) is 9.25. The topological polar surface area (TPSA) is 69.7 Å². The average molecular weight is 438 g/mol. The zero-order chi connectivity index (χ0) is 21.2. The van der Waals surface area contributed by atoms with Crippen molar-refractivity contribution < 1.29 is 32.6 Å². The second-order valence-corrected chi connectivity index (χ2v) is 7.47. The van der Waals surface area contributed by atoms with Gasteiger partial charge in [0.05, 0.1) is 22.1 Å². The highest BCUT2D eigenvalue weighted by Crippen LogP contribution is 2.38. The standard InChI is InChI=1S/C19H12F3NO4S2/c20-19(21,22)12-4-2-5-13(9-12)23-17(26)15(29-18(23)28)8-11-3-1-6-14(7-11)27-10-16(24)25/h1-9H,10H2,(H,24,25)/p-1/b15-8-. The van der Waals surface area contributed by atoms with E-state index in [-0.39, 0.29) is 20.7 Å². The fourth-order valence-corrected chi connectivity index (χ4v) is 3.80. The van der Waals surface area contributed by atoms with Crippen molar-refractivity contribution in [3.05, 3.63) is 64.6 Å². The van der Waals surface area contributed by atoms with Crippen LogP contribution in [0.1, 0.15) is 11.1 Å². The number of carboxylic acid groups (broad SMARTS) is 1.